The fourth-order valence-corrected chi connectivity index (χ4v) is 3.49. The van der Waals surface area contributed by atoms with Crippen LogP contribution in [0.3, 0.4) is 0 Å². The standard InChI is InChI=1S/C21H27NO3S/c1-5-22(13-18-10-11-19(24-3)20(12-18)25-4)21(23)15-26-14-17-8-6-16(2)7-9-17/h6-12H,5,13-15H2,1-4H3. The number of carbonyl (C=O) groups is 1. The number of amides is 1. The van der Waals surface area contributed by atoms with Crippen LogP contribution in [0, 0.1) is 6.92 Å². The molecular formula is C21H27NO3S. The molecule has 0 aromatic heterocycles. The minimum atomic E-state index is 0.152. The van der Waals surface area contributed by atoms with E-state index in [-0.39, 0.29) is 5.91 Å². The lowest BCUT2D eigenvalue weighted by atomic mass is 10.2. The number of rotatable bonds is 9. The number of aryl methyl sites for hydroxylation is 1. The molecule has 2 aromatic carbocycles. The predicted molar refractivity (Wildman–Crippen MR) is 108 cm³/mol. The number of hydrogen-bond acceptors (Lipinski definition) is 4. The van der Waals surface area contributed by atoms with Gasteiger partial charge in [0.2, 0.25) is 5.91 Å². The second kappa shape index (κ2) is 10.1. The monoisotopic (exact) mass is 373 g/mol. The van der Waals surface area contributed by atoms with Crippen LogP contribution < -0.4 is 9.47 Å². The molecule has 140 valence electrons. The molecule has 0 saturated carbocycles. The number of carbonyl (C=O) groups excluding carboxylic acids is 1. The van der Waals surface area contributed by atoms with Gasteiger partial charge in [0, 0.05) is 18.8 Å². The molecule has 5 heteroatoms. The Balaban J connectivity index is 1.90. The highest BCUT2D eigenvalue weighted by Gasteiger charge is 2.14. The zero-order valence-electron chi connectivity index (χ0n) is 16.0. The van der Waals surface area contributed by atoms with Crippen LogP contribution in [-0.2, 0) is 17.1 Å². The zero-order valence-corrected chi connectivity index (χ0v) is 16.8. The van der Waals surface area contributed by atoms with Crippen molar-refractivity contribution in [3.8, 4) is 11.5 Å². The summed E-state index contributed by atoms with van der Waals surface area (Å²) in [5.41, 5.74) is 3.53. The molecule has 0 atom stereocenters. The summed E-state index contributed by atoms with van der Waals surface area (Å²) in [5.74, 6) is 2.86. The molecule has 26 heavy (non-hydrogen) atoms. The first-order chi connectivity index (χ1) is 12.6. The summed E-state index contributed by atoms with van der Waals surface area (Å²) < 4.78 is 10.6. The van der Waals surface area contributed by atoms with Gasteiger partial charge in [-0.2, -0.15) is 0 Å². The van der Waals surface area contributed by atoms with Gasteiger partial charge in [-0.1, -0.05) is 35.9 Å². The highest BCUT2D eigenvalue weighted by atomic mass is 32.2. The second-order valence-electron chi connectivity index (χ2n) is 6.08. The van der Waals surface area contributed by atoms with Gasteiger partial charge in [0.1, 0.15) is 0 Å². The Morgan fingerprint density at radius 2 is 1.65 bits per heavy atom. The van der Waals surface area contributed by atoms with Gasteiger partial charge in [0.15, 0.2) is 11.5 Å². The van der Waals surface area contributed by atoms with E-state index in [1.165, 1.54) is 11.1 Å². The molecule has 2 rings (SSSR count). The SMILES string of the molecule is CCN(Cc1ccc(OC)c(OC)c1)C(=O)CSCc1ccc(C)cc1. The van der Waals surface area contributed by atoms with Crippen molar-refractivity contribution in [2.75, 3.05) is 26.5 Å². The lowest BCUT2D eigenvalue weighted by Crippen LogP contribution is -2.31. The average Bonchev–Trinajstić information content (AvgIpc) is 2.67. The topological polar surface area (TPSA) is 38.8 Å². The number of benzene rings is 2. The Morgan fingerprint density at radius 1 is 1.00 bits per heavy atom. The molecule has 0 fully saturated rings. The van der Waals surface area contributed by atoms with E-state index in [0.29, 0.717) is 30.3 Å². The fraction of sp³-hybridized carbons (Fsp3) is 0.381. The third kappa shape index (κ3) is 5.70. The van der Waals surface area contributed by atoms with Gasteiger partial charge >= 0.3 is 0 Å². The lowest BCUT2D eigenvalue weighted by Gasteiger charge is -2.21. The molecule has 0 radical (unpaired) electrons. The van der Waals surface area contributed by atoms with Gasteiger partial charge in [-0.15, -0.1) is 11.8 Å². The van der Waals surface area contributed by atoms with E-state index >= 15 is 0 Å². The van der Waals surface area contributed by atoms with Crippen LogP contribution in [0.5, 0.6) is 11.5 Å². The summed E-state index contributed by atoms with van der Waals surface area (Å²) in [6.45, 7) is 5.33. The Bertz CT molecular complexity index is 716. The number of thioether (sulfide) groups is 1. The zero-order chi connectivity index (χ0) is 18.9. The predicted octanol–water partition coefficient (Wildman–Crippen LogP) is 4.29. The van der Waals surface area contributed by atoms with Crippen molar-refractivity contribution in [2.45, 2.75) is 26.1 Å². The van der Waals surface area contributed by atoms with Gasteiger partial charge < -0.3 is 14.4 Å². The van der Waals surface area contributed by atoms with Crippen molar-refractivity contribution in [1.82, 2.24) is 4.90 Å². The Morgan fingerprint density at radius 3 is 2.27 bits per heavy atom. The number of nitrogens with zero attached hydrogens (tertiary/aromatic N) is 1. The third-order valence-corrected chi connectivity index (χ3v) is 5.16. The van der Waals surface area contributed by atoms with E-state index in [4.69, 9.17) is 9.47 Å². The summed E-state index contributed by atoms with van der Waals surface area (Å²) in [5, 5.41) is 0. The molecule has 0 unspecified atom stereocenters. The first-order valence-electron chi connectivity index (χ1n) is 8.69. The fourth-order valence-electron chi connectivity index (χ4n) is 2.61. The maximum atomic E-state index is 12.5. The van der Waals surface area contributed by atoms with Crippen LogP contribution in [-0.4, -0.2) is 37.3 Å². The van der Waals surface area contributed by atoms with Crippen molar-refractivity contribution < 1.29 is 14.3 Å². The van der Waals surface area contributed by atoms with Crippen LogP contribution in [0.4, 0.5) is 0 Å². The van der Waals surface area contributed by atoms with E-state index < -0.39 is 0 Å². The van der Waals surface area contributed by atoms with Crippen LogP contribution in [0.25, 0.3) is 0 Å². The molecule has 4 nitrogen and oxygen atoms in total. The molecule has 0 aliphatic heterocycles. The molecule has 0 aliphatic rings. The highest BCUT2D eigenvalue weighted by molar-refractivity contribution is 7.99. The van der Waals surface area contributed by atoms with Gasteiger partial charge in [0.05, 0.1) is 20.0 Å². The summed E-state index contributed by atoms with van der Waals surface area (Å²) >= 11 is 1.65. The third-order valence-electron chi connectivity index (χ3n) is 4.17. The van der Waals surface area contributed by atoms with Crippen molar-refractivity contribution in [2.24, 2.45) is 0 Å². The highest BCUT2D eigenvalue weighted by Crippen LogP contribution is 2.28. The summed E-state index contributed by atoms with van der Waals surface area (Å²) in [7, 11) is 3.23. The van der Waals surface area contributed by atoms with E-state index in [1.54, 1.807) is 26.0 Å². The largest absolute Gasteiger partial charge is 0.493 e. The maximum Gasteiger partial charge on any atom is 0.232 e. The minimum absolute atomic E-state index is 0.152. The number of methoxy groups -OCH3 is 2. The van der Waals surface area contributed by atoms with Crippen LogP contribution in [0.2, 0.25) is 0 Å². The second-order valence-corrected chi connectivity index (χ2v) is 7.06. The summed E-state index contributed by atoms with van der Waals surface area (Å²) in [4.78, 5) is 14.4. The number of ether oxygens (including phenoxy) is 2. The molecule has 2 aromatic rings. The molecular weight excluding hydrogens is 346 g/mol. The maximum absolute atomic E-state index is 12.5. The van der Waals surface area contributed by atoms with Crippen molar-refractivity contribution in [1.29, 1.82) is 0 Å². The number of hydrogen-bond donors (Lipinski definition) is 0. The lowest BCUT2D eigenvalue weighted by molar-refractivity contribution is -0.128. The molecule has 0 saturated heterocycles. The summed E-state index contributed by atoms with van der Waals surface area (Å²) in [6, 6.07) is 14.2. The minimum Gasteiger partial charge on any atom is -0.493 e. The van der Waals surface area contributed by atoms with Gasteiger partial charge in [-0.3, -0.25) is 4.79 Å². The van der Waals surface area contributed by atoms with E-state index in [0.717, 1.165) is 11.3 Å². The Kier molecular flexibility index (Phi) is 7.85. The average molecular weight is 374 g/mol. The molecule has 0 spiro atoms. The quantitative estimate of drug-likeness (QED) is 0.657. The van der Waals surface area contributed by atoms with Crippen molar-refractivity contribution in [3.63, 3.8) is 0 Å². The summed E-state index contributed by atoms with van der Waals surface area (Å²) in [6.07, 6.45) is 0. The van der Waals surface area contributed by atoms with Crippen LogP contribution >= 0.6 is 11.8 Å². The molecule has 0 heterocycles. The molecule has 1 amide bonds. The molecule has 0 bridgehead atoms. The van der Waals surface area contributed by atoms with Crippen LogP contribution in [0.15, 0.2) is 42.5 Å². The van der Waals surface area contributed by atoms with Gasteiger partial charge in [-0.25, -0.2) is 0 Å². The molecule has 0 aliphatic carbocycles. The molecule has 0 N–H and O–H groups in total. The van der Waals surface area contributed by atoms with Crippen LogP contribution in [0.1, 0.15) is 23.6 Å². The van der Waals surface area contributed by atoms with Crippen molar-refractivity contribution in [3.05, 3.63) is 59.2 Å². The smallest absolute Gasteiger partial charge is 0.232 e. The normalized spacial score (nSPS) is 10.5. The van der Waals surface area contributed by atoms with E-state index in [2.05, 4.69) is 31.2 Å². The Labute approximate surface area is 160 Å². The first kappa shape index (κ1) is 20.2. The van der Waals surface area contributed by atoms with Gasteiger partial charge in [0.25, 0.3) is 0 Å². The van der Waals surface area contributed by atoms with Crippen molar-refractivity contribution >= 4 is 17.7 Å². The van der Waals surface area contributed by atoms with Gasteiger partial charge in [-0.05, 0) is 37.1 Å². The first-order valence-corrected chi connectivity index (χ1v) is 9.84. The van der Waals surface area contributed by atoms with E-state index in [9.17, 15) is 4.79 Å². The van der Waals surface area contributed by atoms with E-state index in [1.807, 2.05) is 30.0 Å². The Hall–Kier alpha value is -2.14.